The lowest BCUT2D eigenvalue weighted by Crippen LogP contribution is -2.45. The van der Waals surface area contributed by atoms with Crippen LogP contribution >= 0.6 is 0 Å². The monoisotopic (exact) mass is 314 g/mol. The van der Waals surface area contributed by atoms with Crippen LogP contribution in [0, 0.1) is 12.7 Å². The number of rotatable bonds is 4. The van der Waals surface area contributed by atoms with Crippen LogP contribution in [0.4, 0.5) is 4.39 Å². The van der Waals surface area contributed by atoms with Crippen LogP contribution in [-0.4, -0.2) is 38.4 Å². The topological polar surface area (TPSA) is 66.5 Å². The molecule has 1 saturated heterocycles. The van der Waals surface area contributed by atoms with Crippen LogP contribution in [-0.2, 0) is 14.8 Å². The predicted molar refractivity (Wildman–Crippen MR) is 76.7 cm³/mol. The Balaban J connectivity index is 2.14. The van der Waals surface area contributed by atoms with Crippen molar-refractivity contribution < 1.29 is 17.6 Å². The van der Waals surface area contributed by atoms with Gasteiger partial charge in [0, 0.05) is 13.1 Å². The lowest BCUT2D eigenvalue weighted by Gasteiger charge is -2.21. The highest BCUT2D eigenvalue weighted by molar-refractivity contribution is 7.89. The molecule has 1 atom stereocenters. The van der Waals surface area contributed by atoms with Gasteiger partial charge in [-0.3, -0.25) is 4.79 Å². The molecule has 1 fully saturated rings. The van der Waals surface area contributed by atoms with Gasteiger partial charge in [0.2, 0.25) is 15.9 Å². The van der Waals surface area contributed by atoms with E-state index in [1.165, 1.54) is 19.9 Å². The van der Waals surface area contributed by atoms with Gasteiger partial charge < -0.3 is 4.90 Å². The predicted octanol–water partition coefficient (Wildman–Crippen LogP) is 1.42. The van der Waals surface area contributed by atoms with E-state index in [0.717, 1.165) is 25.0 Å². The Morgan fingerprint density at radius 2 is 1.95 bits per heavy atom. The number of hydrogen-bond donors (Lipinski definition) is 1. The molecule has 1 amide bonds. The second-order valence-corrected chi connectivity index (χ2v) is 6.97. The van der Waals surface area contributed by atoms with Crippen molar-refractivity contribution in [3.05, 3.63) is 29.6 Å². The Morgan fingerprint density at radius 3 is 2.52 bits per heavy atom. The maximum absolute atomic E-state index is 13.1. The number of nitrogens with one attached hydrogen (secondary N) is 1. The van der Waals surface area contributed by atoms with Crippen molar-refractivity contribution in [1.82, 2.24) is 9.62 Å². The van der Waals surface area contributed by atoms with Gasteiger partial charge in [-0.15, -0.1) is 0 Å². The van der Waals surface area contributed by atoms with E-state index in [4.69, 9.17) is 0 Å². The van der Waals surface area contributed by atoms with Crippen LogP contribution in [0.1, 0.15) is 25.3 Å². The van der Waals surface area contributed by atoms with Crippen molar-refractivity contribution >= 4 is 15.9 Å². The van der Waals surface area contributed by atoms with Gasteiger partial charge in [-0.25, -0.2) is 12.8 Å². The summed E-state index contributed by atoms with van der Waals surface area (Å²) in [6.45, 7) is 4.38. The molecule has 0 saturated carbocycles. The largest absolute Gasteiger partial charge is 0.341 e. The average Bonchev–Trinajstić information content (AvgIpc) is 2.90. The summed E-state index contributed by atoms with van der Waals surface area (Å²) in [4.78, 5) is 13.8. The molecule has 1 aromatic carbocycles. The van der Waals surface area contributed by atoms with Gasteiger partial charge in [0.25, 0.3) is 0 Å². The quantitative estimate of drug-likeness (QED) is 0.914. The second kappa shape index (κ2) is 6.11. The van der Waals surface area contributed by atoms with E-state index in [9.17, 15) is 17.6 Å². The van der Waals surface area contributed by atoms with Crippen LogP contribution in [0.2, 0.25) is 0 Å². The van der Waals surface area contributed by atoms with E-state index in [-0.39, 0.29) is 10.8 Å². The molecular formula is C14H19FN2O3S. The molecule has 0 bridgehead atoms. The van der Waals surface area contributed by atoms with Gasteiger partial charge in [-0.1, -0.05) is 0 Å². The Bertz CT molecular complexity index is 640. The third-order valence-electron chi connectivity index (χ3n) is 3.55. The van der Waals surface area contributed by atoms with E-state index in [1.54, 1.807) is 4.90 Å². The van der Waals surface area contributed by atoms with Crippen LogP contribution in [0.3, 0.4) is 0 Å². The third kappa shape index (κ3) is 3.59. The summed E-state index contributed by atoms with van der Waals surface area (Å²) in [5.74, 6) is -0.719. The smallest absolute Gasteiger partial charge is 0.241 e. The van der Waals surface area contributed by atoms with Crippen molar-refractivity contribution in [2.24, 2.45) is 0 Å². The van der Waals surface area contributed by atoms with E-state index in [1.807, 2.05) is 0 Å². The summed E-state index contributed by atoms with van der Waals surface area (Å²) < 4.78 is 40.0. The second-order valence-electron chi connectivity index (χ2n) is 5.29. The van der Waals surface area contributed by atoms with Crippen LogP contribution in [0.5, 0.6) is 0 Å². The molecule has 1 aliphatic heterocycles. The number of carbonyl (C=O) groups is 1. The molecule has 1 unspecified atom stereocenters. The Morgan fingerprint density at radius 1 is 1.33 bits per heavy atom. The molecular weight excluding hydrogens is 295 g/mol. The molecule has 116 valence electrons. The first kappa shape index (κ1) is 15.9. The molecule has 0 aromatic heterocycles. The van der Waals surface area contributed by atoms with E-state index < -0.39 is 21.9 Å². The number of benzene rings is 1. The lowest BCUT2D eigenvalue weighted by atomic mass is 10.2. The molecule has 21 heavy (non-hydrogen) atoms. The SMILES string of the molecule is Cc1cc(F)ccc1S(=O)(=O)NC(C)C(=O)N1CCCC1. The zero-order valence-electron chi connectivity index (χ0n) is 12.1. The van der Waals surface area contributed by atoms with E-state index >= 15 is 0 Å². The summed E-state index contributed by atoms with van der Waals surface area (Å²) in [6, 6.07) is 2.62. The zero-order chi connectivity index (χ0) is 15.6. The summed E-state index contributed by atoms with van der Waals surface area (Å²) in [6.07, 6.45) is 1.89. The third-order valence-corrected chi connectivity index (χ3v) is 5.25. The molecule has 1 aliphatic rings. The first-order valence-electron chi connectivity index (χ1n) is 6.88. The van der Waals surface area contributed by atoms with Crippen LogP contribution in [0.25, 0.3) is 0 Å². The Kier molecular flexibility index (Phi) is 4.63. The molecule has 0 spiro atoms. The maximum Gasteiger partial charge on any atom is 0.241 e. The number of halogens is 1. The average molecular weight is 314 g/mol. The number of sulfonamides is 1. The highest BCUT2D eigenvalue weighted by Crippen LogP contribution is 2.17. The number of carbonyl (C=O) groups excluding carboxylic acids is 1. The molecule has 5 nitrogen and oxygen atoms in total. The summed E-state index contributed by atoms with van der Waals surface area (Å²) >= 11 is 0. The Labute approximate surface area is 124 Å². The standard InChI is InChI=1S/C14H19FN2O3S/c1-10-9-12(15)5-6-13(10)21(19,20)16-11(2)14(18)17-7-3-4-8-17/h5-6,9,11,16H,3-4,7-8H2,1-2H3. The first-order chi connectivity index (χ1) is 9.81. The summed E-state index contributed by atoms with van der Waals surface area (Å²) in [7, 11) is -3.85. The van der Waals surface area contributed by atoms with Crippen molar-refractivity contribution in [2.75, 3.05) is 13.1 Å². The normalized spacial score (nSPS) is 17.0. The fourth-order valence-corrected chi connectivity index (χ4v) is 3.90. The van der Waals surface area contributed by atoms with Gasteiger partial charge in [-0.2, -0.15) is 4.72 Å². The Hall–Kier alpha value is -1.47. The molecule has 0 radical (unpaired) electrons. The highest BCUT2D eigenvalue weighted by Gasteiger charge is 2.28. The molecule has 1 aromatic rings. The minimum atomic E-state index is -3.85. The minimum absolute atomic E-state index is 0.00929. The van der Waals surface area contributed by atoms with Gasteiger partial charge >= 0.3 is 0 Å². The summed E-state index contributed by atoms with van der Waals surface area (Å²) in [5, 5.41) is 0. The molecule has 7 heteroatoms. The minimum Gasteiger partial charge on any atom is -0.341 e. The van der Waals surface area contributed by atoms with Crippen molar-refractivity contribution in [2.45, 2.75) is 37.6 Å². The first-order valence-corrected chi connectivity index (χ1v) is 8.37. The molecule has 0 aliphatic carbocycles. The zero-order valence-corrected chi connectivity index (χ0v) is 12.9. The van der Waals surface area contributed by atoms with Gasteiger partial charge in [-0.05, 0) is 50.5 Å². The van der Waals surface area contributed by atoms with Gasteiger partial charge in [0.15, 0.2) is 0 Å². The van der Waals surface area contributed by atoms with E-state index in [2.05, 4.69) is 4.72 Å². The van der Waals surface area contributed by atoms with Crippen LogP contribution in [0.15, 0.2) is 23.1 Å². The molecule has 1 N–H and O–H groups in total. The van der Waals surface area contributed by atoms with Crippen molar-refractivity contribution in [3.8, 4) is 0 Å². The maximum atomic E-state index is 13.1. The highest BCUT2D eigenvalue weighted by atomic mass is 32.2. The number of hydrogen-bond acceptors (Lipinski definition) is 3. The number of amides is 1. The molecule has 2 rings (SSSR count). The fourth-order valence-electron chi connectivity index (χ4n) is 2.47. The van der Waals surface area contributed by atoms with Crippen molar-refractivity contribution in [3.63, 3.8) is 0 Å². The summed E-state index contributed by atoms with van der Waals surface area (Å²) in [5.41, 5.74) is 0.309. The van der Waals surface area contributed by atoms with Gasteiger partial charge in [0.1, 0.15) is 5.82 Å². The number of likely N-dealkylation sites (tertiary alicyclic amines) is 1. The molecule has 1 heterocycles. The van der Waals surface area contributed by atoms with Crippen LogP contribution < -0.4 is 4.72 Å². The fraction of sp³-hybridized carbons (Fsp3) is 0.500. The van der Waals surface area contributed by atoms with Gasteiger partial charge in [0.05, 0.1) is 10.9 Å². The van der Waals surface area contributed by atoms with E-state index in [0.29, 0.717) is 18.7 Å². The lowest BCUT2D eigenvalue weighted by molar-refractivity contribution is -0.131. The number of aryl methyl sites for hydroxylation is 1. The van der Waals surface area contributed by atoms with Crippen molar-refractivity contribution in [1.29, 1.82) is 0 Å². The number of nitrogens with zero attached hydrogens (tertiary/aromatic N) is 1.